The van der Waals surface area contributed by atoms with Gasteiger partial charge in [0.2, 0.25) is 17.7 Å². The Kier molecular flexibility index (Phi) is 9.98. The second kappa shape index (κ2) is 14.9. The molecule has 51 heavy (non-hydrogen) atoms. The highest BCUT2D eigenvalue weighted by Gasteiger charge is 2.43. The monoisotopic (exact) mass is 688 g/mol. The molecule has 4 heterocycles. The van der Waals surface area contributed by atoms with Crippen molar-refractivity contribution in [1.82, 2.24) is 19.7 Å². The number of carbonyl (C=O) groups is 2. The Balaban J connectivity index is 0.000000234. The summed E-state index contributed by atoms with van der Waals surface area (Å²) in [5, 5.41) is 10.1. The van der Waals surface area contributed by atoms with Gasteiger partial charge in [0.05, 0.1) is 28.3 Å². The van der Waals surface area contributed by atoms with E-state index in [2.05, 4.69) is 25.8 Å². The standard InChI is InChI=1S/C26H25N5O4.C12H8FNO2/c1-14-21(15(2)35-31-14)24-22(17-6-5-7-19(12-17)30-16(3)32)23-25(28-13-29-26(23)34-24)33-20-10-8-18(27-4)9-11-20;13-10-3-5-11(6-4-10)14-7-1-2-9(8-15)12(14)16/h5-13,22,24,27H,1-4H3,(H,30,32);1-8H. The topological polar surface area (TPSA) is 150 Å². The van der Waals surface area contributed by atoms with E-state index in [1.807, 2.05) is 69.4 Å². The Hall–Kier alpha value is -6.63. The molecule has 1 aliphatic rings. The van der Waals surface area contributed by atoms with Crippen LogP contribution >= 0.6 is 0 Å². The fourth-order valence-corrected chi connectivity index (χ4v) is 5.83. The molecule has 258 valence electrons. The van der Waals surface area contributed by atoms with E-state index >= 15 is 0 Å². The lowest BCUT2D eigenvalue weighted by Crippen LogP contribution is -2.20. The van der Waals surface area contributed by atoms with Gasteiger partial charge in [0.15, 0.2) is 6.29 Å². The molecule has 2 N–H and O–H groups in total. The van der Waals surface area contributed by atoms with Crippen molar-refractivity contribution in [1.29, 1.82) is 0 Å². The first-order valence-corrected chi connectivity index (χ1v) is 15.9. The summed E-state index contributed by atoms with van der Waals surface area (Å²) in [6, 6.07) is 23.7. The van der Waals surface area contributed by atoms with Crippen LogP contribution in [0.2, 0.25) is 0 Å². The molecule has 3 aromatic carbocycles. The van der Waals surface area contributed by atoms with Gasteiger partial charge >= 0.3 is 0 Å². The van der Waals surface area contributed by atoms with Crippen molar-refractivity contribution in [2.45, 2.75) is 32.8 Å². The molecule has 0 saturated carbocycles. The average molecular weight is 689 g/mol. The number of aldehydes is 1. The smallest absolute Gasteiger partial charge is 0.265 e. The van der Waals surface area contributed by atoms with Crippen molar-refractivity contribution in [2.24, 2.45) is 0 Å². The Morgan fingerprint density at radius 2 is 1.73 bits per heavy atom. The van der Waals surface area contributed by atoms with Gasteiger partial charge in [-0.2, -0.15) is 0 Å². The third kappa shape index (κ3) is 7.37. The molecule has 12 nitrogen and oxygen atoms in total. The normalized spacial score (nSPS) is 14.4. The number of anilines is 2. The number of hydrogen-bond donors (Lipinski definition) is 2. The molecule has 0 spiro atoms. The number of nitrogens with zero attached hydrogens (tertiary/aromatic N) is 4. The van der Waals surface area contributed by atoms with E-state index in [0.717, 1.165) is 28.1 Å². The molecule has 1 amide bonds. The van der Waals surface area contributed by atoms with Gasteiger partial charge in [0, 0.05) is 37.2 Å². The van der Waals surface area contributed by atoms with Crippen molar-refractivity contribution in [3.63, 3.8) is 0 Å². The summed E-state index contributed by atoms with van der Waals surface area (Å²) in [4.78, 5) is 42.9. The first-order chi connectivity index (χ1) is 24.7. The number of pyridine rings is 1. The molecule has 0 radical (unpaired) electrons. The second-order valence-corrected chi connectivity index (χ2v) is 11.6. The number of ether oxygens (including phenoxy) is 2. The molecule has 1 aliphatic heterocycles. The minimum atomic E-state index is -0.463. The number of carbonyl (C=O) groups excluding carboxylic acids is 2. The Morgan fingerprint density at radius 1 is 0.961 bits per heavy atom. The molecule has 0 bridgehead atoms. The van der Waals surface area contributed by atoms with Gasteiger partial charge < -0.3 is 24.6 Å². The molecule has 2 atom stereocenters. The van der Waals surface area contributed by atoms with Crippen LogP contribution < -0.4 is 25.7 Å². The van der Waals surface area contributed by atoms with Crippen LogP contribution in [0.4, 0.5) is 15.8 Å². The van der Waals surface area contributed by atoms with E-state index in [1.165, 1.54) is 54.3 Å². The number of benzene rings is 3. The van der Waals surface area contributed by atoms with Crippen LogP contribution in [0.15, 0.2) is 107 Å². The maximum Gasteiger partial charge on any atom is 0.265 e. The minimum Gasteiger partial charge on any atom is -0.468 e. The van der Waals surface area contributed by atoms with Crippen LogP contribution in [-0.2, 0) is 4.79 Å². The number of aryl methyl sites for hydroxylation is 2. The molecule has 3 aromatic heterocycles. The Morgan fingerprint density at radius 3 is 2.39 bits per heavy atom. The molecular weight excluding hydrogens is 655 g/mol. The molecule has 2 unspecified atom stereocenters. The van der Waals surface area contributed by atoms with Gasteiger partial charge in [-0.3, -0.25) is 19.0 Å². The highest BCUT2D eigenvalue weighted by atomic mass is 19.1. The molecule has 0 saturated heterocycles. The van der Waals surface area contributed by atoms with Crippen LogP contribution in [0.25, 0.3) is 5.69 Å². The fourth-order valence-electron chi connectivity index (χ4n) is 5.83. The second-order valence-electron chi connectivity index (χ2n) is 11.6. The van der Waals surface area contributed by atoms with Gasteiger partial charge in [-0.25, -0.2) is 14.4 Å². The van der Waals surface area contributed by atoms with E-state index in [9.17, 15) is 18.8 Å². The Labute approximate surface area is 291 Å². The maximum absolute atomic E-state index is 12.7. The number of halogens is 1. The number of nitrogens with one attached hydrogen (secondary N) is 2. The van der Waals surface area contributed by atoms with E-state index < -0.39 is 11.7 Å². The van der Waals surface area contributed by atoms with Crippen LogP contribution in [-0.4, -0.2) is 38.9 Å². The SMILES string of the molecule is CNc1ccc(Oc2ncnc3c2C(c2cccc(NC(C)=O)c2)C(c2c(C)noc2C)O3)cc1.O=Cc1cccn(-c2ccc(F)cc2)c1=O. The van der Waals surface area contributed by atoms with Crippen LogP contribution in [0.5, 0.6) is 17.5 Å². The van der Waals surface area contributed by atoms with Gasteiger partial charge in [-0.05, 0) is 92.2 Å². The molecule has 0 fully saturated rings. The largest absolute Gasteiger partial charge is 0.468 e. The van der Waals surface area contributed by atoms with Crippen LogP contribution in [0.3, 0.4) is 0 Å². The molecule has 6 aromatic rings. The van der Waals surface area contributed by atoms with Crippen molar-refractivity contribution >= 4 is 23.6 Å². The predicted octanol–water partition coefficient (Wildman–Crippen LogP) is 6.93. The molecular formula is C38H33FN6O6. The highest BCUT2D eigenvalue weighted by molar-refractivity contribution is 5.88. The number of amides is 1. The van der Waals surface area contributed by atoms with Crippen molar-refractivity contribution in [3.05, 3.63) is 147 Å². The third-order valence-electron chi connectivity index (χ3n) is 8.17. The van der Waals surface area contributed by atoms with Crippen molar-refractivity contribution in [2.75, 3.05) is 17.7 Å². The van der Waals surface area contributed by atoms with Gasteiger partial charge in [0.25, 0.3) is 5.56 Å². The van der Waals surface area contributed by atoms with E-state index in [1.54, 1.807) is 6.07 Å². The first-order valence-electron chi connectivity index (χ1n) is 15.9. The van der Waals surface area contributed by atoms with E-state index in [4.69, 9.17) is 14.0 Å². The lowest BCUT2D eigenvalue weighted by Gasteiger charge is -2.20. The number of fused-ring (bicyclic) bond motifs is 1. The van der Waals surface area contributed by atoms with Crippen LogP contribution in [0.1, 0.15) is 57.4 Å². The first kappa shape index (κ1) is 34.2. The summed E-state index contributed by atoms with van der Waals surface area (Å²) in [6.45, 7) is 5.22. The fraction of sp³-hybridized carbons (Fsp3) is 0.158. The third-order valence-corrected chi connectivity index (χ3v) is 8.17. The summed E-state index contributed by atoms with van der Waals surface area (Å²) in [6.07, 6.45) is 3.00. The molecule has 13 heteroatoms. The summed E-state index contributed by atoms with van der Waals surface area (Å²) >= 11 is 0. The van der Waals surface area contributed by atoms with Crippen molar-refractivity contribution < 1.29 is 28.0 Å². The van der Waals surface area contributed by atoms with Gasteiger partial charge in [-0.1, -0.05) is 17.3 Å². The van der Waals surface area contributed by atoms with E-state index in [-0.39, 0.29) is 23.2 Å². The molecule has 0 aliphatic carbocycles. The Bertz CT molecular complexity index is 2230. The maximum atomic E-state index is 12.7. The zero-order valence-corrected chi connectivity index (χ0v) is 28.1. The summed E-state index contributed by atoms with van der Waals surface area (Å²) in [5.74, 6) is 1.28. The number of rotatable bonds is 8. The average Bonchev–Trinajstić information content (AvgIpc) is 3.68. The summed E-state index contributed by atoms with van der Waals surface area (Å²) < 4.78 is 32.1. The lowest BCUT2D eigenvalue weighted by molar-refractivity contribution is -0.114. The van der Waals surface area contributed by atoms with E-state index in [0.29, 0.717) is 40.9 Å². The van der Waals surface area contributed by atoms with Gasteiger partial charge in [0.1, 0.15) is 29.8 Å². The minimum absolute atomic E-state index is 0.0758. The highest BCUT2D eigenvalue weighted by Crippen LogP contribution is 2.53. The zero-order chi connectivity index (χ0) is 36.1. The lowest BCUT2D eigenvalue weighted by atomic mass is 9.85. The number of aromatic nitrogens is 4. The summed E-state index contributed by atoms with van der Waals surface area (Å²) in [7, 11) is 1.86. The quantitative estimate of drug-likeness (QED) is 0.161. The number of hydrogen-bond acceptors (Lipinski definition) is 10. The summed E-state index contributed by atoms with van der Waals surface area (Å²) in [5.41, 5.74) is 5.05. The van der Waals surface area contributed by atoms with Crippen molar-refractivity contribution in [3.8, 4) is 23.2 Å². The predicted molar refractivity (Wildman–Crippen MR) is 187 cm³/mol. The zero-order valence-electron chi connectivity index (χ0n) is 28.1. The van der Waals surface area contributed by atoms with Crippen LogP contribution in [0, 0.1) is 19.7 Å². The molecule has 7 rings (SSSR count). The van der Waals surface area contributed by atoms with Gasteiger partial charge in [-0.15, -0.1) is 0 Å².